The molecule has 0 spiro atoms. The standard InChI is InChI=1S/C16H33NO.C15H30O.C14H30O.C3H6O.C2H6N2.C2H6.CH4O.CH2O/c1-2-3-4-5-8-11-14-17-15-12-9-6-7-10-13-16-18;16-15-13-11-9-7-5-3-1-2-4-6-8-10-12-14-15;1-4-6-8-10-14(12-13-15-3)11-9-7-5-2;1-3(2)4;1-4-2-3;3*1-2/h16-17H,2-15H2,1H3;15-16H,1-14H2;14H,4-13H2,1-3H3;1-2H3;2H,1H3,(H2,3,4);1-2H3;2H,1H3;1H2. The quantitative estimate of drug-likeness (QED) is 0.0290. The third-order valence-electron chi connectivity index (χ3n) is 10.5. The van der Waals surface area contributed by atoms with Gasteiger partial charge in [-0.25, -0.2) is 0 Å². The number of nitrogens with two attached hydrogens (primary N) is 1. The fraction of sp³-hybridized carbons (Fsp3) is 0.926. The van der Waals surface area contributed by atoms with Crippen LogP contribution in [0.5, 0.6) is 0 Å². The normalized spacial score (nSPS) is 13.2. The number of rotatable bonds is 26. The van der Waals surface area contributed by atoms with Crippen molar-refractivity contribution in [2.24, 2.45) is 16.6 Å². The van der Waals surface area contributed by atoms with Crippen molar-refractivity contribution in [3.05, 3.63) is 0 Å². The van der Waals surface area contributed by atoms with Crippen LogP contribution in [0.1, 0.15) is 273 Å². The van der Waals surface area contributed by atoms with Gasteiger partial charge in [0.05, 0.1) is 12.4 Å². The van der Waals surface area contributed by atoms with Crippen LogP contribution >= 0.6 is 0 Å². The molecule has 63 heavy (non-hydrogen) atoms. The predicted molar refractivity (Wildman–Crippen MR) is 280 cm³/mol. The fourth-order valence-electron chi connectivity index (χ4n) is 6.92. The molecular formula is C54H117N3O6. The third kappa shape index (κ3) is 99.9. The van der Waals surface area contributed by atoms with Crippen molar-refractivity contribution >= 4 is 25.2 Å². The van der Waals surface area contributed by atoms with Gasteiger partial charge in [0, 0.05) is 34.3 Å². The number of nitrogens with one attached hydrogen (secondary N) is 1. The number of carbonyl (C=O) groups is 3. The van der Waals surface area contributed by atoms with Crippen molar-refractivity contribution in [1.29, 1.82) is 0 Å². The minimum atomic E-state index is -0.00914. The van der Waals surface area contributed by atoms with E-state index in [1.54, 1.807) is 7.05 Å². The lowest BCUT2D eigenvalue weighted by Crippen LogP contribution is -2.16. The highest BCUT2D eigenvalue weighted by atomic mass is 16.5. The summed E-state index contributed by atoms with van der Waals surface area (Å²) in [6.07, 6.45) is 48.5. The van der Waals surface area contributed by atoms with Gasteiger partial charge in [-0.3, -0.25) is 4.99 Å². The molecular weight excluding hydrogens is 787 g/mol. The summed E-state index contributed by atoms with van der Waals surface area (Å²) in [6, 6.07) is 0. The van der Waals surface area contributed by atoms with Gasteiger partial charge in [0.25, 0.3) is 0 Å². The van der Waals surface area contributed by atoms with Gasteiger partial charge in [-0.2, -0.15) is 0 Å². The Bertz CT molecular complexity index is 725. The summed E-state index contributed by atoms with van der Waals surface area (Å²) in [6.45, 7) is 19.2. The molecule has 384 valence electrons. The third-order valence-corrected chi connectivity index (χ3v) is 10.5. The van der Waals surface area contributed by atoms with Gasteiger partial charge in [-0.05, 0) is 71.4 Å². The lowest BCUT2D eigenvalue weighted by molar-refractivity contribution is -0.115. The van der Waals surface area contributed by atoms with E-state index in [2.05, 4.69) is 31.1 Å². The molecule has 5 N–H and O–H groups in total. The first-order valence-electron chi connectivity index (χ1n) is 26.4. The first-order valence-corrected chi connectivity index (χ1v) is 26.4. The number of methoxy groups -OCH3 is 1. The van der Waals surface area contributed by atoms with Crippen LogP contribution in [0.4, 0.5) is 0 Å². The SMILES string of the molecule is C=O.CC.CC(C)=O.CCCCCC(CCCCC)CCOC.CCCCCCCCNCCCCCCCC=O.CN=CN.CO.OC1CCCCCCCCCCCCCC1. The average Bonchev–Trinajstić information content (AvgIpc) is 3.31. The van der Waals surface area contributed by atoms with Gasteiger partial charge in [0.2, 0.25) is 0 Å². The molecule has 0 bridgehead atoms. The molecule has 0 radical (unpaired) electrons. The van der Waals surface area contributed by atoms with E-state index in [1.165, 1.54) is 232 Å². The first-order chi connectivity index (χ1) is 30.8. The van der Waals surface area contributed by atoms with Crippen molar-refractivity contribution in [2.75, 3.05) is 41.0 Å². The summed E-state index contributed by atoms with van der Waals surface area (Å²) in [7, 11) is 4.44. The molecule has 0 aliphatic heterocycles. The van der Waals surface area contributed by atoms with Gasteiger partial charge in [0.15, 0.2) is 0 Å². The van der Waals surface area contributed by atoms with E-state index < -0.39 is 0 Å². The van der Waals surface area contributed by atoms with Gasteiger partial charge in [0.1, 0.15) is 18.9 Å². The Labute approximate surface area is 395 Å². The Hall–Kier alpha value is -1.68. The van der Waals surface area contributed by atoms with Crippen LogP contribution in [0, 0.1) is 5.92 Å². The summed E-state index contributed by atoms with van der Waals surface area (Å²) in [4.78, 5) is 30.9. The maximum absolute atomic E-state index is 10.1. The average molecular weight is 905 g/mol. The number of aldehydes is 1. The topological polar surface area (TPSA) is 151 Å². The van der Waals surface area contributed by atoms with Crippen LogP contribution < -0.4 is 11.1 Å². The fourth-order valence-corrected chi connectivity index (χ4v) is 6.92. The molecule has 0 aromatic heterocycles. The van der Waals surface area contributed by atoms with E-state index in [9.17, 15) is 14.7 Å². The van der Waals surface area contributed by atoms with E-state index in [0.29, 0.717) is 0 Å². The summed E-state index contributed by atoms with van der Waals surface area (Å²) in [5.74, 6) is 1.09. The molecule has 9 heteroatoms. The molecule has 1 aliphatic rings. The molecule has 1 aliphatic carbocycles. The summed E-state index contributed by atoms with van der Waals surface area (Å²) >= 11 is 0. The zero-order valence-corrected chi connectivity index (χ0v) is 44.4. The van der Waals surface area contributed by atoms with Crippen LogP contribution in [0.25, 0.3) is 0 Å². The highest BCUT2D eigenvalue weighted by Gasteiger charge is 2.08. The molecule has 0 aromatic carbocycles. The number of ether oxygens (including phenoxy) is 1. The molecule has 1 rings (SSSR count). The number of hydrogen-bond donors (Lipinski definition) is 4. The molecule has 0 heterocycles. The highest BCUT2D eigenvalue weighted by molar-refractivity contribution is 5.72. The molecule has 0 aromatic rings. The van der Waals surface area contributed by atoms with Crippen LogP contribution in [-0.4, -0.2) is 82.5 Å². The molecule has 1 fully saturated rings. The minimum absolute atomic E-state index is 0.00914. The molecule has 0 atom stereocenters. The monoisotopic (exact) mass is 904 g/mol. The van der Waals surface area contributed by atoms with Crippen molar-refractivity contribution < 1.29 is 29.3 Å². The predicted octanol–water partition coefficient (Wildman–Crippen LogP) is 14.7. The number of ketones is 1. The Morgan fingerprint density at radius 1 is 0.651 bits per heavy atom. The van der Waals surface area contributed by atoms with Gasteiger partial charge < -0.3 is 40.4 Å². The number of aliphatic hydroxyl groups is 2. The van der Waals surface area contributed by atoms with Gasteiger partial charge in [-0.15, -0.1) is 0 Å². The second-order valence-corrected chi connectivity index (χ2v) is 16.7. The lowest BCUT2D eigenvalue weighted by atomic mass is 9.92. The number of Topliss-reactive ketones (excluding diaryl/α,β-unsaturated/α-hetero) is 1. The molecule has 0 amide bonds. The Balaban J connectivity index is -0.000000130. The van der Waals surface area contributed by atoms with Crippen LogP contribution in [0.2, 0.25) is 0 Å². The Morgan fingerprint density at radius 2 is 0.968 bits per heavy atom. The second-order valence-electron chi connectivity index (χ2n) is 16.7. The number of aliphatic imine (C=N–C) groups is 1. The van der Waals surface area contributed by atoms with E-state index in [-0.39, 0.29) is 11.9 Å². The maximum atomic E-state index is 10.1. The summed E-state index contributed by atoms with van der Waals surface area (Å²) in [5, 5.41) is 20.3. The first kappa shape index (κ1) is 75.6. The largest absolute Gasteiger partial charge is 0.400 e. The molecule has 0 unspecified atom stereocenters. The zero-order valence-electron chi connectivity index (χ0n) is 44.4. The number of hydrogen-bond acceptors (Lipinski definition) is 8. The Kier molecular flexibility index (Phi) is 101. The lowest BCUT2D eigenvalue weighted by Gasteiger charge is -2.16. The zero-order chi connectivity index (χ0) is 49.1. The van der Waals surface area contributed by atoms with Crippen molar-refractivity contribution in [1.82, 2.24) is 5.32 Å². The van der Waals surface area contributed by atoms with Gasteiger partial charge >= 0.3 is 0 Å². The number of aliphatic hydroxyl groups excluding tert-OH is 2. The smallest absolute Gasteiger partial charge is 0.126 e. The van der Waals surface area contributed by atoms with Crippen molar-refractivity contribution in [3.63, 3.8) is 0 Å². The Morgan fingerprint density at radius 3 is 1.30 bits per heavy atom. The van der Waals surface area contributed by atoms with Crippen LogP contribution in [-0.2, 0) is 19.1 Å². The number of nitrogens with zero attached hydrogens (tertiary/aromatic N) is 1. The number of carbonyl (C=O) groups excluding carboxylic acids is 3. The van der Waals surface area contributed by atoms with Crippen molar-refractivity contribution in [3.8, 4) is 0 Å². The van der Waals surface area contributed by atoms with Gasteiger partial charge in [-0.1, -0.05) is 214 Å². The minimum Gasteiger partial charge on any atom is -0.400 e. The summed E-state index contributed by atoms with van der Waals surface area (Å²) in [5.41, 5.74) is 4.74. The van der Waals surface area contributed by atoms with Crippen molar-refractivity contribution in [2.45, 2.75) is 279 Å². The highest BCUT2D eigenvalue weighted by Crippen LogP contribution is 2.21. The molecule has 9 nitrogen and oxygen atoms in total. The summed E-state index contributed by atoms with van der Waals surface area (Å²) < 4.78 is 5.18. The molecule has 0 saturated heterocycles. The van der Waals surface area contributed by atoms with E-state index in [1.807, 2.05) is 27.7 Å². The van der Waals surface area contributed by atoms with Crippen LogP contribution in [0.15, 0.2) is 4.99 Å². The van der Waals surface area contributed by atoms with Crippen LogP contribution in [0.3, 0.4) is 0 Å². The second kappa shape index (κ2) is 83.8. The maximum Gasteiger partial charge on any atom is 0.126 e. The van der Waals surface area contributed by atoms with E-state index in [4.69, 9.17) is 20.4 Å². The van der Waals surface area contributed by atoms with E-state index in [0.717, 1.165) is 51.6 Å². The molecule has 1 saturated carbocycles. The van der Waals surface area contributed by atoms with E-state index >= 15 is 0 Å². The number of unbranched alkanes of at least 4 members (excludes halogenated alkanes) is 14.